The van der Waals surface area contributed by atoms with Crippen molar-refractivity contribution in [1.29, 1.82) is 0 Å². The molecule has 10 heavy (non-hydrogen) atoms. The molecule has 0 N–H and O–H groups in total. The highest BCUT2D eigenvalue weighted by atomic mass is 32.2. The summed E-state index contributed by atoms with van der Waals surface area (Å²) in [7, 11) is -1.87. The summed E-state index contributed by atoms with van der Waals surface area (Å²) in [6.45, 7) is 8.25. The Kier molecular flexibility index (Phi) is 2.65. The number of allylic oxidation sites excluding steroid dienone is 1. The Morgan fingerprint density at radius 2 is 2.00 bits per heavy atom. The summed E-state index contributed by atoms with van der Waals surface area (Å²) in [5.74, 6) is 0. The standard InChI is InChI=1S/C6H11NO2S/c1-5-10(8,9)7(4)6(2)3/h5H,1-2H2,3-4H3. The van der Waals surface area contributed by atoms with Crippen LogP contribution in [0, 0.1) is 0 Å². The van der Waals surface area contributed by atoms with Crippen LogP contribution in [0.3, 0.4) is 0 Å². The van der Waals surface area contributed by atoms with E-state index in [0.717, 1.165) is 9.71 Å². The molecule has 4 heteroatoms. The van der Waals surface area contributed by atoms with Gasteiger partial charge in [-0.2, -0.15) is 0 Å². The SMILES string of the molecule is C=CS(=O)(=O)N(C)C(=C)C. The third-order valence-electron chi connectivity index (χ3n) is 1.13. The number of sulfonamides is 1. The molecule has 0 atom stereocenters. The van der Waals surface area contributed by atoms with Gasteiger partial charge in [0, 0.05) is 18.2 Å². The summed E-state index contributed by atoms with van der Waals surface area (Å²) in [4.78, 5) is 0. The Morgan fingerprint density at radius 1 is 1.60 bits per heavy atom. The summed E-state index contributed by atoms with van der Waals surface area (Å²) in [6.07, 6.45) is 0. The van der Waals surface area contributed by atoms with Gasteiger partial charge in [-0.25, -0.2) is 8.42 Å². The molecule has 0 amide bonds. The van der Waals surface area contributed by atoms with Gasteiger partial charge < -0.3 is 0 Å². The average molecular weight is 161 g/mol. The van der Waals surface area contributed by atoms with E-state index in [-0.39, 0.29) is 0 Å². The molecule has 0 bridgehead atoms. The van der Waals surface area contributed by atoms with Crippen LogP contribution in [0.4, 0.5) is 0 Å². The van der Waals surface area contributed by atoms with E-state index in [1.807, 2.05) is 0 Å². The minimum absolute atomic E-state index is 0.472. The molecule has 0 aromatic heterocycles. The van der Waals surface area contributed by atoms with Crippen LogP contribution >= 0.6 is 0 Å². The van der Waals surface area contributed by atoms with E-state index in [1.54, 1.807) is 6.92 Å². The molecular weight excluding hydrogens is 150 g/mol. The number of rotatable bonds is 3. The molecule has 0 aliphatic heterocycles. The Labute approximate surface area is 61.7 Å². The van der Waals surface area contributed by atoms with Crippen LogP contribution in [0.25, 0.3) is 0 Å². The lowest BCUT2D eigenvalue weighted by atomic mass is 10.6. The van der Waals surface area contributed by atoms with E-state index in [1.165, 1.54) is 7.05 Å². The van der Waals surface area contributed by atoms with E-state index in [2.05, 4.69) is 13.2 Å². The topological polar surface area (TPSA) is 37.4 Å². The Morgan fingerprint density at radius 3 is 2.10 bits per heavy atom. The predicted octanol–water partition coefficient (Wildman–Crippen LogP) is 0.925. The van der Waals surface area contributed by atoms with Gasteiger partial charge in [0.05, 0.1) is 0 Å². The van der Waals surface area contributed by atoms with Crippen molar-refractivity contribution < 1.29 is 8.42 Å². The minimum atomic E-state index is -3.30. The maximum Gasteiger partial charge on any atom is 0.256 e. The van der Waals surface area contributed by atoms with Gasteiger partial charge in [0.25, 0.3) is 10.0 Å². The third kappa shape index (κ3) is 1.88. The summed E-state index contributed by atoms with van der Waals surface area (Å²) < 4.78 is 22.8. The van der Waals surface area contributed by atoms with E-state index < -0.39 is 10.0 Å². The fourth-order valence-corrected chi connectivity index (χ4v) is 0.987. The second-order valence-electron chi connectivity index (χ2n) is 1.91. The van der Waals surface area contributed by atoms with Gasteiger partial charge >= 0.3 is 0 Å². The monoisotopic (exact) mass is 161 g/mol. The molecular formula is C6H11NO2S. The molecule has 0 spiro atoms. The molecule has 0 aromatic carbocycles. The first kappa shape index (κ1) is 9.23. The minimum Gasteiger partial charge on any atom is -0.275 e. The molecule has 0 aromatic rings. The van der Waals surface area contributed by atoms with Crippen LogP contribution in [0.1, 0.15) is 6.92 Å². The molecule has 58 valence electrons. The van der Waals surface area contributed by atoms with Crippen molar-refractivity contribution in [2.24, 2.45) is 0 Å². The van der Waals surface area contributed by atoms with E-state index in [4.69, 9.17) is 0 Å². The fourth-order valence-electron chi connectivity index (χ4n) is 0.329. The van der Waals surface area contributed by atoms with Gasteiger partial charge in [-0.3, -0.25) is 4.31 Å². The second kappa shape index (κ2) is 2.88. The van der Waals surface area contributed by atoms with Gasteiger partial charge in [0.15, 0.2) is 0 Å². The summed E-state index contributed by atoms with van der Waals surface area (Å²) in [5.41, 5.74) is 0.472. The fraction of sp³-hybridized carbons (Fsp3) is 0.333. The Balaban J connectivity index is 4.67. The highest BCUT2D eigenvalue weighted by molar-refractivity contribution is 7.92. The lowest BCUT2D eigenvalue weighted by molar-refractivity contribution is 0.535. The number of hydrogen-bond acceptors (Lipinski definition) is 2. The highest BCUT2D eigenvalue weighted by Gasteiger charge is 2.10. The van der Waals surface area contributed by atoms with Gasteiger partial charge in [-0.15, -0.1) is 0 Å². The number of hydrogen-bond donors (Lipinski definition) is 0. The van der Waals surface area contributed by atoms with Crippen molar-refractivity contribution in [3.05, 3.63) is 24.3 Å². The Hall–Kier alpha value is -0.770. The molecule has 0 saturated heterocycles. The van der Waals surface area contributed by atoms with Crippen LogP contribution < -0.4 is 0 Å². The molecule has 0 heterocycles. The zero-order chi connectivity index (χ0) is 8.36. The summed E-state index contributed by atoms with van der Waals surface area (Å²) in [6, 6.07) is 0. The maximum atomic E-state index is 10.9. The molecule has 0 saturated carbocycles. The van der Waals surface area contributed by atoms with Gasteiger partial charge in [0.2, 0.25) is 0 Å². The highest BCUT2D eigenvalue weighted by Crippen LogP contribution is 2.04. The van der Waals surface area contributed by atoms with Crippen LogP contribution in [-0.4, -0.2) is 19.8 Å². The average Bonchev–Trinajstić information content (AvgIpc) is 1.86. The molecule has 0 aliphatic carbocycles. The summed E-state index contributed by atoms with van der Waals surface area (Å²) >= 11 is 0. The van der Waals surface area contributed by atoms with Crippen LogP contribution in [-0.2, 0) is 10.0 Å². The predicted molar refractivity (Wildman–Crippen MR) is 41.7 cm³/mol. The zero-order valence-corrected chi connectivity index (χ0v) is 6.98. The summed E-state index contributed by atoms with van der Waals surface area (Å²) in [5, 5.41) is 0.891. The number of nitrogens with zero attached hydrogens (tertiary/aromatic N) is 1. The van der Waals surface area contributed by atoms with E-state index in [0.29, 0.717) is 5.70 Å². The molecule has 0 fully saturated rings. The first-order valence-corrected chi connectivity index (χ1v) is 4.19. The van der Waals surface area contributed by atoms with Crippen molar-refractivity contribution in [3.63, 3.8) is 0 Å². The van der Waals surface area contributed by atoms with Crippen LogP contribution in [0.15, 0.2) is 24.3 Å². The van der Waals surface area contributed by atoms with Gasteiger partial charge in [-0.1, -0.05) is 13.2 Å². The van der Waals surface area contributed by atoms with E-state index in [9.17, 15) is 8.42 Å². The van der Waals surface area contributed by atoms with Crippen molar-refractivity contribution in [2.75, 3.05) is 7.05 Å². The van der Waals surface area contributed by atoms with Crippen LogP contribution in [0.2, 0.25) is 0 Å². The quantitative estimate of drug-likeness (QED) is 0.617. The van der Waals surface area contributed by atoms with Crippen molar-refractivity contribution in [2.45, 2.75) is 6.92 Å². The third-order valence-corrected chi connectivity index (χ3v) is 2.63. The lowest BCUT2D eigenvalue weighted by Gasteiger charge is -2.15. The molecule has 0 unspecified atom stereocenters. The molecule has 3 nitrogen and oxygen atoms in total. The van der Waals surface area contributed by atoms with Gasteiger partial charge in [-0.05, 0) is 6.92 Å². The first-order valence-electron chi connectivity index (χ1n) is 2.68. The van der Waals surface area contributed by atoms with Crippen LogP contribution in [0.5, 0.6) is 0 Å². The van der Waals surface area contributed by atoms with Crippen molar-refractivity contribution >= 4 is 10.0 Å². The van der Waals surface area contributed by atoms with Crippen molar-refractivity contribution in [3.8, 4) is 0 Å². The molecule has 0 rings (SSSR count). The smallest absolute Gasteiger partial charge is 0.256 e. The second-order valence-corrected chi connectivity index (χ2v) is 3.83. The largest absolute Gasteiger partial charge is 0.275 e. The normalized spacial score (nSPS) is 10.6. The molecule has 0 radical (unpaired) electrons. The zero-order valence-electron chi connectivity index (χ0n) is 6.16. The van der Waals surface area contributed by atoms with Crippen molar-refractivity contribution in [1.82, 2.24) is 4.31 Å². The van der Waals surface area contributed by atoms with E-state index >= 15 is 0 Å². The molecule has 0 aliphatic rings. The first-order chi connectivity index (χ1) is 4.41. The van der Waals surface area contributed by atoms with Gasteiger partial charge in [0.1, 0.15) is 0 Å². The lowest BCUT2D eigenvalue weighted by Crippen LogP contribution is -2.21. The Bertz CT molecular complexity index is 240. The maximum absolute atomic E-state index is 10.9.